The summed E-state index contributed by atoms with van der Waals surface area (Å²) >= 11 is 0. The van der Waals surface area contributed by atoms with E-state index in [4.69, 9.17) is 0 Å². The molecule has 3 heterocycles. The van der Waals surface area contributed by atoms with Gasteiger partial charge in [0.25, 0.3) is 0 Å². The van der Waals surface area contributed by atoms with Gasteiger partial charge in [0.1, 0.15) is 5.82 Å². The predicted octanol–water partition coefficient (Wildman–Crippen LogP) is 3.35. The summed E-state index contributed by atoms with van der Waals surface area (Å²) in [7, 11) is 0. The van der Waals surface area contributed by atoms with Gasteiger partial charge < -0.3 is 5.32 Å². The highest BCUT2D eigenvalue weighted by Gasteiger charge is 2.08. The third kappa shape index (κ3) is 2.74. The van der Waals surface area contributed by atoms with Gasteiger partial charge in [-0.15, -0.1) is 0 Å². The summed E-state index contributed by atoms with van der Waals surface area (Å²) in [5.74, 6) is 0.918. The van der Waals surface area contributed by atoms with Crippen LogP contribution < -0.4 is 5.32 Å². The van der Waals surface area contributed by atoms with E-state index in [1.165, 1.54) is 0 Å². The summed E-state index contributed by atoms with van der Waals surface area (Å²) in [6, 6.07) is 16.2. The van der Waals surface area contributed by atoms with Crippen LogP contribution in [0.2, 0.25) is 0 Å². The highest BCUT2D eigenvalue weighted by atomic mass is 15.3. The second-order valence-electron chi connectivity index (χ2n) is 5.84. The second kappa shape index (κ2) is 5.81. The summed E-state index contributed by atoms with van der Waals surface area (Å²) < 4.78 is 1.83. The SMILES string of the molecule is Cc1cc(NCc2cc(-c3ccccc3)n[nH]2)n2nc(C)cc2n1. The molecule has 0 amide bonds. The van der Waals surface area contributed by atoms with Gasteiger partial charge in [-0.05, 0) is 19.9 Å². The minimum Gasteiger partial charge on any atom is -0.364 e. The molecule has 0 spiro atoms. The fourth-order valence-corrected chi connectivity index (χ4v) is 2.74. The van der Waals surface area contributed by atoms with Crippen molar-refractivity contribution in [2.75, 3.05) is 5.32 Å². The number of nitrogens with one attached hydrogen (secondary N) is 2. The first-order chi connectivity index (χ1) is 11.7. The van der Waals surface area contributed by atoms with Gasteiger partial charge in [0.15, 0.2) is 5.65 Å². The number of hydrogen-bond acceptors (Lipinski definition) is 4. The van der Waals surface area contributed by atoms with Crippen LogP contribution in [0.5, 0.6) is 0 Å². The Hall–Kier alpha value is -3.15. The predicted molar refractivity (Wildman–Crippen MR) is 93.8 cm³/mol. The zero-order chi connectivity index (χ0) is 16.5. The van der Waals surface area contributed by atoms with E-state index < -0.39 is 0 Å². The van der Waals surface area contributed by atoms with E-state index in [1.54, 1.807) is 0 Å². The lowest BCUT2D eigenvalue weighted by molar-refractivity contribution is 0.890. The number of nitrogens with zero attached hydrogens (tertiary/aromatic N) is 4. The van der Waals surface area contributed by atoms with Crippen molar-refractivity contribution in [1.82, 2.24) is 24.8 Å². The van der Waals surface area contributed by atoms with E-state index in [1.807, 2.05) is 48.7 Å². The van der Waals surface area contributed by atoms with Crippen LogP contribution in [0.15, 0.2) is 48.5 Å². The average Bonchev–Trinajstić information content (AvgIpc) is 3.19. The zero-order valence-corrected chi connectivity index (χ0v) is 13.6. The monoisotopic (exact) mass is 318 g/mol. The van der Waals surface area contributed by atoms with Crippen LogP contribution in [0, 0.1) is 13.8 Å². The fourth-order valence-electron chi connectivity index (χ4n) is 2.74. The van der Waals surface area contributed by atoms with Gasteiger partial charge in [-0.2, -0.15) is 14.7 Å². The third-order valence-electron chi connectivity index (χ3n) is 3.84. The Balaban J connectivity index is 1.57. The molecule has 3 aromatic heterocycles. The Labute approximate surface area is 139 Å². The van der Waals surface area contributed by atoms with Gasteiger partial charge in [-0.3, -0.25) is 5.10 Å². The minimum absolute atomic E-state index is 0.636. The van der Waals surface area contributed by atoms with Crippen molar-refractivity contribution < 1.29 is 0 Å². The number of fused-ring (bicyclic) bond motifs is 1. The maximum atomic E-state index is 4.50. The van der Waals surface area contributed by atoms with Crippen LogP contribution in [-0.2, 0) is 6.54 Å². The van der Waals surface area contributed by atoms with Gasteiger partial charge in [-0.25, -0.2) is 4.98 Å². The molecule has 6 nitrogen and oxygen atoms in total. The number of H-pyrrole nitrogens is 1. The molecule has 1 aromatic carbocycles. The minimum atomic E-state index is 0.636. The van der Waals surface area contributed by atoms with E-state index >= 15 is 0 Å². The number of benzene rings is 1. The summed E-state index contributed by atoms with van der Waals surface area (Å²) in [4.78, 5) is 4.50. The van der Waals surface area contributed by atoms with Crippen molar-refractivity contribution in [3.05, 3.63) is 65.6 Å². The molecule has 0 saturated carbocycles. The van der Waals surface area contributed by atoms with E-state index in [0.29, 0.717) is 6.54 Å². The Kier molecular flexibility index (Phi) is 3.49. The Bertz CT molecular complexity index is 983. The molecule has 0 saturated heterocycles. The van der Waals surface area contributed by atoms with Crippen molar-refractivity contribution in [2.24, 2.45) is 0 Å². The van der Waals surface area contributed by atoms with E-state index in [-0.39, 0.29) is 0 Å². The molecule has 0 radical (unpaired) electrons. The summed E-state index contributed by atoms with van der Waals surface area (Å²) in [5.41, 5.74) is 5.82. The second-order valence-corrected chi connectivity index (χ2v) is 5.84. The van der Waals surface area contributed by atoms with Crippen LogP contribution in [-0.4, -0.2) is 24.8 Å². The fraction of sp³-hybridized carbons (Fsp3) is 0.167. The molecule has 0 aliphatic carbocycles. The Morgan fingerprint density at radius 3 is 2.71 bits per heavy atom. The molecule has 0 unspecified atom stereocenters. The maximum absolute atomic E-state index is 4.50. The highest BCUT2D eigenvalue weighted by molar-refractivity contribution is 5.59. The summed E-state index contributed by atoms with van der Waals surface area (Å²) in [6.07, 6.45) is 0. The summed E-state index contributed by atoms with van der Waals surface area (Å²) in [6.45, 7) is 4.59. The van der Waals surface area contributed by atoms with Gasteiger partial charge in [0.2, 0.25) is 0 Å². The largest absolute Gasteiger partial charge is 0.364 e. The molecular formula is C18H18N6. The first kappa shape index (κ1) is 14.4. The first-order valence-electron chi connectivity index (χ1n) is 7.87. The summed E-state index contributed by atoms with van der Waals surface area (Å²) in [5, 5.41) is 15.4. The van der Waals surface area contributed by atoms with Gasteiger partial charge in [0, 0.05) is 23.4 Å². The molecule has 4 rings (SSSR count). The topological polar surface area (TPSA) is 70.9 Å². The van der Waals surface area contributed by atoms with Crippen molar-refractivity contribution in [3.8, 4) is 11.3 Å². The molecule has 4 aromatic rings. The Morgan fingerprint density at radius 1 is 1.04 bits per heavy atom. The quantitative estimate of drug-likeness (QED) is 0.605. The van der Waals surface area contributed by atoms with Crippen molar-refractivity contribution in [3.63, 3.8) is 0 Å². The molecule has 0 fully saturated rings. The molecule has 6 heteroatoms. The third-order valence-corrected chi connectivity index (χ3v) is 3.84. The van der Waals surface area contributed by atoms with E-state index in [0.717, 1.165) is 39.8 Å². The molecule has 0 aliphatic heterocycles. The molecule has 0 bridgehead atoms. The normalized spacial score (nSPS) is 11.1. The van der Waals surface area contributed by atoms with Crippen LogP contribution in [0.1, 0.15) is 17.1 Å². The van der Waals surface area contributed by atoms with Crippen molar-refractivity contribution in [2.45, 2.75) is 20.4 Å². The van der Waals surface area contributed by atoms with Crippen LogP contribution >= 0.6 is 0 Å². The lowest BCUT2D eigenvalue weighted by Gasteiger charge is -2.08. The van der Waals surface area contributed by atoms with Gasteiger partial charge in [0.05, 0.1) is 23.6 Å². The number of rotatable bonds is 4. The Morgan fingerprint density at radius 2 is 1.88 bits per heavy atom. The molecular weight excluding hydrogens is 300 g/mol. The van der Waals surface area contributed by atoms with Gasteiger partial charge >= 0.3 is 0 Å². The molecule has 0 aliphatic rings. The lowest BCUT2D eigenvalue weighted by atomic mass is 10.1. The van der Waals surface area contributed by atoms with Crippen LogP contribution in [0.3, 0.4) is 0 Å². The standard InChI is InChI=1S/C18H18N6/c1-12-8-17(24-18(20-12)9-13(2)23-24)19-11-15-10-16(22-21-15)14-6-4-3-5-7-14/h3-10,19H,11H2,1-2H3,(H,21,22). The van der Waals surface area contributed by atoms with Crippen LogP contribution in [0.4, 0.5) is 5.82 Å². The van der Waals surface area contributed by atoms with Crippen molar-refractivity contribution >= 4 is 11.5 Å². The number of aromatic amines is 1. The zero-order valence-electron chi connectivity index (χ0n) is 13.6. The number of aryl methyl sites for hydroxylation is 2. The number of anilines is 1. The van der Waals surface area contributed by atoms with E-state index in [2.05, 4.69) is 43.8 Å². The first-order valence-corrected chi connectivity index (χ1v) is 7.87. The molecule has 0 atom stereocenters. The molecule has 120 valence electrons. The maximum Gasteiger partial charge on any atom is 0.157 e. The number of aromatic nitrogens is 5. The van der Waals surface area contributed by atoms with Crippen LogP contribution in [0.25, 0.3) is 16.9 Å². The molecule has 2 N–H and O–H groups in total. The number of hydrogen-bond donors (Lipinski definition) is 2. The van der Waals surface area contributed by atoms with Gasteiger partial charge in [-0.1, -0.05) is 30.3 Å². The smallest absolute Gasteiger partial charge is 0.157 e. The average molecular weight is 318 g/mol. The lowest BCUT2D eigenvalue weighted by Crippen LogP contribution is -2.07. The van der Waals surface area contributed by atoms with E-state index in [9.17, 15) is 0 Å². The van der Waals surface area contributed by atoms with Crippen molar-refractivity contribution in [1.29, 1.82) is 0 Å². The molecule has 24 heavy (non-hydrogen) atoms. The highest BCUT2D eigenvalue weighted by Crippen LogP contribution is 2.18.